The number of halogens is 2. The van der Waals surface area contributed by atoms with Gasteiger partial charge in [-0.1, -0.05) is 0 Å². The van der Waals surface area contributed by atoms with Crippen LogP contribution in [0.3, 0.4) is 0 Å². The summed E-state index contributed by atoms with van der Waals surface area (Å²) < 4.78 is 20.5. The van der Waals surface area contributed by atoms with Crippen LogP contribution in [0, 0.1) is 23.7 Å². The predicted molar refractivity (Wildman–Crippen MR) is 105 cm³/mol. The van der Waals surface area contributed by atoms with Crippen molar-refractivity contribution in [2.24, 2.45) is 23.7 Å². The van der Waals surface area contributed by atoms with Gasteiger partial charge in [-0.25, -0.2) is 0 Å². The van der Waals surface area contributed by atoms with Crippen LogP contribution in [0.25, 0.3) is 0 Å². The standard InChI is InChI=1S/C20H26I2NO6/c1-3-20(6-4-5-7-20)29-16(25)12-10-8-9-11(12)15(24)27-13(9)14(10)28-18(26)19(2,21)17-22-23-17/h9-14,17,23H,3-8H2,1-2H3/q-1. The number of hydrogen-bond acceptors (Lipinski definition) is 7. The fourth-order valence-corrected chi connectivity index (χ4v) is 9.19. The Balaban J connectivity index is 1.36. The van der Waals surface area contributed by atoms with Crippen LogP contribution >= 0.6 is 22.6 Å². The van der Waals surface area contributed by atoms with Gasteiger partial charge in [-0.2, -0.15) is 0 Å². The minimum atomic E-state index is -0.624. The number of ether oxygens (including phenoxy) is 3. The number of rotatable bonds is 6. The number of carbonyl (C=O) groups excluding carboxylic acids is 3. The van der Waals surface area contributed by atoms with Gasteiger partial charge in [-0.15, -0.1) is 0 Å². The molecule has 0 aromatic heterocycles. The zero-order valence-corrected chi connectivity index (χ0v) is 20.8. The van der Waals surface area contributed by atoms with Gasteiger partial charge in [0.1, 0.15) is 0 Å². The molecule has 29 heavy (non-hydrogen) atoms. The van der Waals surface area contributed by atoms with Crippen molar-refractivity contribution in [3.05, 3.63) is 0 Å². The summed E-state index contributed by atoms with van der Waals surface area (Å²) in [7, 11) is 0. The van der Waals surface area contributed by atoms with E-state index in [2.05, 4.69) is 33.0 Å². The van der Waals surface area contributed by atoms with Crippen LogP contribution in [0.5, 0.6) is 0 Å². The van der Waals surface area contributed by atoms with Gasteiger partial charge in [0.05, 0.1) is 0 Å². The van der Waals surface area contributed by atoms with Gasteiger partial charge in [0.15, 0.2) is 0 Å². The predicted octanol–water partition coefficient (Wildman–Crippen LogP) is -0.901. The molecule has 3 aliphatic carbocycles. The van der Waals surface area contributed by atoms with Crippen molar-refractivity contribution in [3.63, 3.8) is 0 Å². The number of fused-ring (bicyclic) bond motifs is 1. The van der Waals surface area contributed by atoms with Gasteiger partial charge in [0, 0.05) is 0 Å². The molecular weight excluding hydrogens is 604 g/mol. The van der Waals surface area contributed by atoms with E-state index < -0.39 is 33.1 Å². The molecule has 1 N–H and O–H groups in total. The topological polar surface area (TPSA) is 101 Å². The molecule has 0 amide bonds. The third-order valence-electron chi connectivity index (χ3n) is 7.63. The minimum absolute atomic E-state index is 0.0454. The molecule has 8 atom stereocenters. The Morgan fingerprint density at radius 1 is 1.34 bits per heavy atom. The fourth-order valence-electron chi connectivity index (χ4n) is 5.88. The molecule has 8 unspecified atom stereocenters. The normalized spacial score (nSPS) is 43.3. The van der Waals surface area contributed by atoms with Crippen molar-refractivity contribution in [1.82, 2.24) is 3.53 Å². The summed E-state index contributed by atoms with van der Waals surface area (Å²) in [6, 6.07) is 0. The molecule has 9 heteroatoms. The van der Waals surface area contributed by atoms with Crippen molar-refractivity contribution >= 4 is 40.5 Å². The van der Waals surface area contributed by atoms with E-state index in [1.165, 1.54) is 0 Å². The molecule has 0 spiro atoms. The maximum absolute atomic E-state index is 13.3. The molecule has 2 saturated heterocycles. The molecule has 162 valence electrons. The second-order valence-corrected chi connectivity index (χ2v) is 13.9. The molecular formula is C20H26I2NO6-. The number of esters is 3. The summed E-state index contributed by atoms with van der Waals surface area (Å²) in [5, 5.41) is 0. The number of carbonyl (C=O) groups is 3. The summed E-state index contributed by atoms with van der Waals surface area (Å²) in [5.74, 6) is -2.13. The Labute approximate surface area is 194 Å². The number of nitrogens with one attached hydrogen (secondary N) is 1. The van der Waals surface area contributed by atoms with Crippen LogP contribution in [-0.4, -0.2) is 43.2 Å². The summed E-state index contributed by atoms with van der Waals surface area (Å²) in [4.78, 5) is 38.7. The Bertz CT molecular complexity index is 747. The van der Waals surface area contributed by atoms with Crippen molar-refractivity contribution in [3.8, 4) is 0 Å². The van der Waals surface area contributed by atoms with Crippen LogP contribution < -0.4 is 25.0 Å². The van der Waals surface area contributed by atoms with Crippen LogP contribution in [0.2, 0.25) is 0 Å². The van der Waals surface area contributed by atoms with Crippen molar-refractivity contribution in [1.29, 1.82) is 0 Å². The molecule has 5 aliphatic rings. The summed E-state index contributed by atoms with van der Waals surface area (Å²) in [6.45, 7) is 3.94. The Hall–Kier alpha value is -0.170. The average Bonchev–Trinajstić information content (AvgIpc) is 3.10. The second-order valence-electron chi connectivity index (χ2n) is 9.21. The Morgan fingerprint density at radius 2 is 2.03 bits per heavy atom. The van der Waals surface area contributed by atoms with E-state index >= 15 is 0 Å². The maximum atomic E-state index is 13.3. The summed E-state index contributed by atoms with van der Waals surface area (Å²) >= 11 is 2.01. The molecule has 5 fully saturated rings. The van der Waals surface area contributed by atoms with Gasteiger partial charge >= 0.3 is 195 Å². The molecule has 3 saturated carbocycles. The molecule has 2 aliphatic heterocycles. The first-order chi connectivity index (χ1) is 13.8. The van der Waals surface area contributed by atoms with Crippen LogP contribution in [-0.2, 0) is 28.6 Å². The number of hydrogen-bond donors (Lipinski definition) is 1. The van der Waals surface area contributed by atoms with E-state index in [1.807, 2.05) is 6.92 Å². The van der Waals surface area contributed by atoms with Crippen LogP contribution in [0.15, 0.2) is 0 Å². The SMILES string of the molecule is CCC1(OC(=O)C2C3CC4C(OC(=O)C42)C3OC(=O)C(C)(I)C2N[I-]2)CCCC1. The Morgan fingerprint density at radius 3 is 2.66 bits per heavy atom. The van der Waals surface area contributed by atoms with Gasteiger partial charge in [0.25, 0.3) is 0 Å². The second kappa shape index (κ2) is 7.18. The summed E-state index contributed by atoms with van der Waals surface area (Å²) in [5.41, 5.74) is -0.394. The van der Waals surface area contributed by atoms with E-state index in [-0.39, 0.29) is 55.3 Å². The molecule has 5 rings (SSSR count). The third-order valence-corrected chi connectivity index (χ3v) is 12.4. The molecule has 2 bridgehead atoms. The van der Waals surface area contributed by atoms with E-state index in [1.54, 1.807) is 0 Å². The first-order valence-electron chi connectivity index (χ1n) is 10.5. The molecule has 0 radical (unpaired) electrons. The molecule has 7 nitrogen and oxygen atoms in total. The Kier molecular flexibility index (Phi) is 5.13. The van der Waals surface area contributed by atoms with Crippen molar-refractivity contribution in [2.75, 3.05) is 0 Å². The van der Waals surface area contributed by atoms with Gasteiger partial charge in [-0.3, -0.25) is 0 Å². The first-order valence-corrected chi connectivity index (χ1v) is 13.9. The molecule has 0 aromatic carbocycles. The average molecular weight is 630 g/mol. The van der Waals surface area contributed by atoms with Crippen molar-refractivity contribution in [2.45, 2.75) is 77.7 Å². The van der Waals surface area contributed by atoms with Gasteiger partial charge in [-0.05, 0) is 0 Å². The summed E-state index contributed by atoms with van der Waals surface area (Å²) in [6.07, 6.45) is 4.43. The van der Waals surface area contributed by atoms with Crippen LogP contribution in [0.4, 0.5) is 0 Å². The van der Waals surface area contributed by atoms with Crippen molar-refractivity contribution < 1.29 is 50.1 Å². The monoisotopic (exact) mass is 630 g/mol. The zero-order chi connectivity index (χ0) is 20.6. The quantitative estimate of drug-likeness (QED) is 0.0773. The van der Waals surface area contributed by atoms with Gasteiger partial charge in [0.2, 0.25) is 0 Å². The zero-order valence-electron chi connectivity index (χ0n) is 16.5. The van der Waals surface area contributed by atoms with E-state index in [4.69, 9.17) is 14.2 Å². The number of alkyl halides is 2. The van der Waals surface area contributed by atoms with Gasteiger partial charge < -0.3 is 0 Å². The van der Waals surface area contributed by atoms with Crippen LogP contribution in [0.1, 0.15) is 52.4 Å². The molecule has 2 heterocycles. The molecule has 0 aromatic rings. The van der Waals surface area contributed by atoms with E-state index in [0.717, 1.165) is 32.1 Å². The third kappa shape index (κ3) is 3.23. The first kappa shape index (κ1) is 20.7. The van der Waals surface area contributed by atoms with E-state index in [0.29, 0.717) is 6.42 Å². The van der Waals surface area contributed by atoms with E-state index in [9.17, 15) is 14.4 Å². The fraction of sp³-hybridized carbons (Fsp3) is 0.850.